The van der Waals surface area contributed by atoms with Gasteiger partial charge in [-0.25, -0.2) is 8.42 Å². The molecule has 16 heavy (non-hydrogen) atoms. The molecule has 0 bridgehead atoms. The normalized spacial score (nSPS) is 25.8. The molecular formula is C11H24N2O2S. The smallest absolute Gasteiger partial charge is 0.148 e. The van der Waals surface area contributed by atoms with E-state index in [4.69, 9.17) is 0 Å². The third-order valence-electron chi connectivity index (χ3n) is 3.41. The second kappa shape index (κ2) is 5.98. The van der Waals surface area contributed by atoms with E-state index in [1.807, 2.05) is 7.05 Å². The maximum absolute atomic E-state index is 11.1. The lowest BCUT2D eigenvalue weighted by Crippen LogP contribution is -2.50. The molecule has 1 rings (SSSR count). The van der Waals surface area contributed by atoms with Crippen LogP contribution in [0.5, 0.6) is 0 Å². The second-order valence-electron chi connectivity index (χ2n) is 4.82. The molecule has 1 fully saturated rings. The Hall–Kier alpha value is -0.130. The Morgan fingerprint density at radius 3 is 2.50 bits per heavy atom. The summed E-state index contributed by atoms with van der Waals surface area (Å²) in [5.41, 5.74) is 0. The van der Waals surface area contributed by atoms with Gasteiger partial charge in [0.05, 0.1) is 5.75 Å². The van der Waals surface area contributed by atoms with Gasteiger partial charge in [-0.05, 0) is 38.9 Å². The van der Waals surface area contributed by atoms with Gasteiger partial charge in [-0.1, -0.05) is 6.92 Å². The Morgan fingerprint density at radius 1 is 1.38 bits per heavy atom. The van der Waals surface area contributed by atoms with Gasteiger partial charge < -0.3 is 10.2 Å². The first-order chi connectivity index (χ1) is 7.44. The summed E-state index contributed by atoms with van der Waals surface area (Å²) < 4.78 is 22.2. The first kappa shape index (κ1) is 13.9. The van der Waals surface area contributed by atoms with Crippen molar-refractivity contribution in [2.75, 3.05) is 38.7 Å². The van der Waals surface area contributed by atoms with Crippen LogP contribution in [-0.4, -0.2) is 58.1 Å². The summed E-state index contributed by atoms with van der Waals surface area (Å²) in [5.74, 6) is 0.970. The van der Waals surface area contributed by atoms with Crippen LogP contribution in [0.25, 0.3) is 0 Å². The number of nitrogens with zero attached hydrogens (tertiary/aromatic N) is 1. The highest BCUT2D eigenvalue weighted by atomic mass is 32.2. The Kier molecular flexibility index (Phi) is 5.21. The van der Waals surface area contributed by atoms with Crippen LogP contribution in [-0.2, 0) is 9.84 Å². The highest BCUT2D eigenvalue weighted by Crippen LogP contribution is 2.30. The van der Waals surface area contributed by atoms with Gasteiger partial charge in [0.1, 0.15) is 9.84 Å². The summed E-state index contributed by atoms with van der Waals surface area (Å²) in [6.07, 6.45) is 3.77. The van der Waals surface area contributed by atoms with E-state index in [0.29, 0.717) is 18.5 Å². The van der Waals surface area contributed by atoms with Crippen LogP contribution in [0.3, 0.4) is 0 Å². The molecule has 1 aliphatic rings. The van der Waals surface area contributed by atoms with Crippen molar-refractivity contribution in [3.05, 3.63) is 0 Å². The third kappa shape index (κ3) is 4.39. The summed E-state index contributed by atoms with van der Waals surface area (Å²) >= 11 is 0. The van der Waals surface area contributed by atoms with Crippen molar-refractivity contribution in [1.82, 2.24) is 10.2 Å². The highest BCUT2D eigenvalue weighted by Gasteiger charge is 2.33. The molecule has 2 unspecified atom stereocenters. The van der Waals surface area contributed by atoms with Crippen molar-refractivity contribution in [3.63, 3.8) is 0 Å². The lowest BCUT2D eigenvalue weighted by molar-refractivity contribution is 0.0893. The minimum absolute atomic E-state index is 0.272. The third-order valence-corrected chi connectivity index (χ3v) is 4.34. The summed E-state index contributed by atoms with van der Waals surface area (Å²) in [7, 11) is -0.793. The quantitative estimate of drug-likeness (QED) is 0.706. The van der Waals surface area contributed by atoms with E-state index >= 15 is 0 Å². The van der Waals surface area contributed by atoms with Gasteiger partial charge in [0.25, 0.3) is 0 Å². The molecule has 0 aromatic carbocycles. The average molecular weight is 248 g/mol. The van der Waals surface area contributed by atoms with Gasteiger partial charge in [-0.15, -0.1) is 0 Å². The predicted octanol–water partition coefficient (Wildman–Crippen LogP) is 0.351. The van der Waals surface area contributed by atoms with Crippen molar-refractivity contribution in [3.8, 4) is 0 Å². The van der Waals surface area contributed by atoms with Crippen molar-refractivity contribution >= 4 is 9.84 Å². The van der Waals surface area contributed by atoms with Crippen LogP contribution in [0, 0.1) is 5.92 Å². The van der Waals surface area contributed by atoms with Gasteiger partial charge in [-0.3, -0.25) is 0 Å². The van der Waals surface area contributed by atoms with Crippen LogP contribution in [0.1, 0.15) is 19.8 Å². The first-order valence-corrected chi connectivity index (χ1v) is 8.08. The lowest BCUT2D eigenvalue weighted by Gasteiger charge is -2.43. The van der Waals surface area contributed by atoms with E-state index in [9.17, 15) is 8.42 Å². The van der Waals surface area contributed by atoms with E-state index in [0.717, 1.165) is 13.1 Å². The van der Waals surface area contributed by atoms with Gasteiger partial charge in [0.15, 0.2) is 0 Å². The molecule has 0 amide bonds. The SMILES string of the molecule is CCNCC1CCC1N(C)CCS(C)(=O)=O. The Balaban J connectivity index is 2.28. The minimum atomic E-state index is -2.83. The second-order valence-corrected chi connectivity index (χ2v) is 7.08. The van der Waals surface area contributed by atoms with E-state index in [-0.39, 0.29) is 5.75 Å². The molecule has 96 valence electrons. The molecule has 0 aliphatic heterocycles. The molecule has 1 aliphatic carbocycles. The molecule has 1 N–H and O–H groups in total. The summed E-state index contributed by atoms with van der Waals surface area (Å²) in [6.45, 7) is 4.84. The fraction of sp³-hybridized carbons (Fsp3) is 1.00. The standard InChI is InChI=1S/C11H24N2O2S/c1-4-12-9-10-5-6-11(10)13(2)7-8-16(3,14)15/h10-12H,4-9H2,1-3H3. The van der Waals surface area contributed by atoms with E-state index in [1.54, 1.807) is 0 Å². The van der Waals surface area contributed by atoms with Crippen LogP contribution in [0.15, 0.2) is 0 Å². The number of rotatable bonds is 7. The zero-order valence-electron chi connectivity index (χ0n) is 10.6. The molecule has 0 heterocycles. The molecule has 0 saturated heterocycles. The van der Waals surface area contributed by atoms with Gasteiger partial charge in [-0.2, -0.15) is 0 Å². The summed E-state index contributed by atoms with van der Waals surface area (Å²) in [6, 6.07) is 0.570. The molecule has 1 saturated carbocycles. The van der Waals surface area contributed by atoms with Gasteiger partial charge in [0, 0.05) is 18.8 Å². The summed E-state index contributed by atoms with van der Waals surface area (Å²) in [5, 5.41) is 3.36. The predicted molar refractivity (Wildman–Crippen MR) is 67.4 cm³/mol. The van der Waals surface area contributed by atoms with Crippen molar-refractivity contribution in [2.24, 2.45) is 5.92 Å². The Morgan fingerprint density at radius 2 is 2.06 bits per heavy atom. The van der Waals surface area contributed by atoms with Gasteiger partial charge >= 0.3 is 0 Å². The molecule has 2 atom stereocenters. The maximum Gasteiger partial charge on any atom is 0.148 e. The molecule has 0 spiro atoms. The van der Waals surface area contributed by atoms with Crippen molar-refractivity contribution in [2.45, 2.75) is 25.8 Å². The summed E-state index contributed by atoms with van der Waals surface area (Å²) in [4.78, 5) is 2.20. The average Bonchev–Trinajstić information content (AvgIpc) is 2.12. The minimum Gasteiger partial charge on any atom is -0.317 e. The first-order valence-electron chi connectivity index (χ1n) is 6.02. The Labute approximate surface area is 99.3 Å². The molecule has 4 nitrogen and oxygen atoms in total. The number of hydrogen-bond donors (Lipinski definition) is 1. The van der Waals surface area contributed by atoms with Crippen molar-refractivity contribution < 1.29 is 8.42 Å². The van der Waals surface area contributed by atoms with Crippen LogP contribution in [0.4, 0.5) is 0 Å². The largest absolute Gasteiger partial charge is 0.317 e. The zero-order chi connectivity index (χ0) is 12.2. The molecule has 0 radical (unpaired) electrons. The van der Waals surface area contributed by atoms with E-state index in [1.165, 1.54) is 19.1 Å². The van der Waals surface area contributed by atoms with E-state index in [2.05, 4.69) is 17.1 Å². The topological polar surface area (TPSA) is 49.4 Å². The maximum atomic E-state index is 11.1. The van der Waals surface area contributed by atoms with Crippen molar-refractivity contribution in [1.29, 1.82) is 0 Å². The highest BCUT2D eigenvalue weighted by molar-refractivity contribution is 7.90. The van der Waals surface area contributed by atoms with Crippen LogP contribution < -0.4 is 5.32 Å². The van der Waals surface area contributed by atoms with Gasteiger partial charge in [0.2, 0.25) is 0 Å². The molecule has 0 aromatic heterocycles. The van der Waals surface area contributed by atoms with Crippen LogP contribution in [0.2, 0.25) is 0 Å². The zero-order valence-corrected chi connectivity index (χ0v) is 11.4. The molecule has 0 aromatic rings. The lowest BCUT2D eigenvalue weighted by atomic mass is 9.78. The fourth-order valence-corrected chi connectivity index (χ4v) is 2.79. The number of sulfone groups is 1. The molecular weight excluding hydrogens is 224 g/mol. The Bertz CT molecular complexity index is 303. The monoisotopic (exact) mass is 248 g/mol. The van der Waals surface area contributed by atoms with E-state index < -0.39 is 9.84 Å². The fourth-order valence-electron chi connectivity index (χ4n) is 2.18. The number of nitrogens with one attached hydrogen (secondary N) is 1. The number of hydrogen-bond acceptors (Lipinski definition) is 4. The molecule has 5 heteroatoms. The van der Waals surface area contributed by atoms with Crippen LogP contribution >= 0.6 is 0 Å².